The molecule has 2 aromatic carbocycles. The molecule has 0 saturated heterocycles. The van der Waals surface area contributed by atoms with Crippen molar-refractivity contribution < 1.29 is 32.0 Å². The number of aliphatic hydroxyl groups excluding tert-OH is 1. The van der Waals surface area contributed by atoms with E-state index in [2.05, 4.69) is 0 Å². The van der Waals surface area contributed by atoms with Crippen molar-refractivity contribution in [1.82, 2.24) is 0 Å². The minimum Gasteiger partial charge on any atom is -0.497 e. The third-order valence-corrected chi connectivity index (χ3v) is 3.32. The van der Waals surface area contributed by atoms with E-state index in [0.717, 1.165) is 11.6 Å². The number of fused-ring (bicyclic) bond motifs is 1. The van der Waals surface area contributed by atoms with E-state index < -0.39 is 14.1 Å². The average Bonchev–Trinajstić information content (AvgIpc) is 3.01. The topological polar surface area (TPSA) is 61.1 Å². The quantitative estimate of drug-likeness (QED) is 0.753. The van der Waals surface area contributed by atoms with Crippen molar-refractivity contribution in [3.05, 3.63) is 53.8 Å². The van der Waals surface area contributed by atoms with Gasteiger partial charge in [-0.2, -0.15) is 0 Å². The molecule has 5 nitrogen and oxygen atoms in total. The Labute approximate surface area is 142 Å². The molecular formula is C18H18O5. The monoisotopic (exact) mass is 320 g/mol. The van der Waals surface area contributed by atoms with Crippen molar-refractivity contribution in [2.24, 2.45) is 0 Å². The molecule has 0 saturated carbocycles. The van der Waals surface area contributed by atoms with Crippen LogP contribution in [0.5, 0.6) is 17.2 Å². The summed E-state index contributed by atoms with van der Waals surface area (Å²) in [4.78, 5) is 0. The van der Waals surface area contributed by atoms with Crippen molar-refractivity contribution in [3.8, 4) is 17.2 Å². The first kappa shape index (κ1) is 9.47. The van der Waals surface area contributed by atoms with Gasteiger partial charge in [-0.25, -0.2) is 0 Å². The summed E-state index contributed by atoms with van der Waals surface area (Å²) in [6.45, 7) is -0.0351. The first-order chi connectivity index (χ1) is 13.5. The second-order valence-corrected chi connectivity index (χ2v) is 4.85. The summed E-state index contributed by atoms with van der Waals surface area (Å²) < 4.78 is 64.7. The zero-order chi connectivity index (χ0) is 21.2. The Bertz CT molecular complexity index is 975. The molecule has 0 atom stereocenters. The molecule has 0 bridgehead atoms. The fourth-order valence-electron chi connectivity index (χ4n) is 2.20. The molecule has 0 amide bonds. The summed E-state index contributed by atoms with van der Waals surface area (Å²) in [7, 11) is -5.47. The number of methoxy groups -OCH3 is 2. The molecule has 0 aliphatic rings. The minimum absolute atomic E-state index is 0.0375. The summed E-state index contributed by atoms with van der Waals surface area (Å²) >= 11 is 0. The molecule has 0 fully saturated rings. The van der Waals surface area contributed by atoms with Crippen LogP contribution < -0.4 is 14.2 Å². The first-order valence-electron chi connectivity index (χ1n) is 9.79. The maximum atomic E-state index is 9.06. The molecule has 0 radical (unpaired) electrons. The van der Waals surface area contributed by atoms with Gasteiger partial charge >= 0.3 is 0 Å². The highest BCUT2D eigenvalue weighted by Gasteiger charge is 2.12. The molecule has 3 aromatic rings. The van der Waals surface area contributed by atoms with Crippen molar-refractivity contribution in [2.75, 3.05) is 14.1 Å². The van der Waals surface area contributed by atoms with Gasteiger partial charge in [-0.3, -0.25) is 0 Å². The Kier molecular flexibility index (Phi) is 2.73. The highest BCUT2D eigenvalue weighted by atomic mass is 16.5. The zero-order valence-corrected chi connectivity index (χ0v) is 12.0. The van der Waals surface area contributed by atoms with Gasteiger partial charge in [0.15, 0.2) is 11.3 Å². The highest BCUT2D eigenvalue weighted by Crippen LogP contribution is 2.33. The van der Waals surface area contributed by atoms with Gasteiger partial charge < -0.3 is 23.7 Å². The summed E-state index contributed by atoms with van der Waals surface area (Å²) in [5.41, 5.74) is 0.877. The maximum Gasteiger partial charge on any atom is 0.176 e. The fraction of sp³-hybridized carbons (Fsp3) is 0.222. The summed E-state index contributed by atoms with van der Waals surface area (Å²) in [5.74, 6) is 0.672. The first-order valence-corrected chi connectivity index (χ1v) is 6.79. The Morgan fingerprint density at radius 2 is 1.87 bits per heavy atom. The van der Waals surface area contributed by atoms with Crippen molar-refractivity contribution in [3.63, 3.8) is 0 Å². The molecule has 23 heavy (non-hydrogen) atoms. The van der Waals surface area contributed by atoms with E-state index in [9.17, 15) is 0 Å². The van der Waals surface area contributed by atoms with Crippen LogP contribution in [0.3, 0.4) is 0 Å². The van der Waals surface area contributed by atoms with Crippen LogP contribution in [-0.4, -0.2) is 19.2 Å². The largest absolute Gasteiger partial charge is 0.497 e. The van der Waals surface area contributed by atoms with Gasteiger partial charge in [-0.1, -0.05) is 12.1 Å². The average molecular weight is 320 g/mol. The van der Waals surface area contributed by atoms with Crippen molar-refractivity contribution in [2.45, 2.75) is 13.2 Å². The smallest absolute Gasteiger partial charge is 0.176 e. The Morgan fingerprint density at radius 1 is 1.04 bits per heavy atom. The molecule has 0 aliphatic carbocycles. The van der Waals surface area contributed by atoms with Crippen LogP contribution in [0.2, 0.25) is 0 Å². The SMILES string of the molecule is [2H]C([2H])([2H])Oc1cc(OC([2H])([2H])[2H])c2oc(COc3ccc(CO)cc3)cc2c1. The number of hydrogen-bond acceptors (Lipinski definition) is 5. The summed E-state index contributed by atoms with van der Waals surface area (Å²) in [6.07, 6.45) is 0. The maximum absolute atomic E-state index is 9.06. The summed E-state index contributed by atoms with van der Waals surface area (Å²) in [6, 6.07) is 11.0. The molecule has 5 heteroatoms. The van der Waals surface area contributed by atoms with Gasteiger partial charge in [-0.05, 0) is 29.8 Å². The van der Waals surface area contributed by atoms with Gasteiger partial charge in [0.05, 0.1) is 28.9 Å². The van der Waals surface area contributed by atoms with E-state index in [4.69, 9.17) is 32.0 Å². The molecule has 0 unspecified atom stereocenters. The number of benzene rings is 2. The third-order valence-electron chi connectivity index (χ3n) is 3.32. The second kappa shape index (κ2) is 6.62. The van der Waals surface area contributed by atoms with Gasteiger partial charge in [0.2, 0.25) is 0 Å². The van der Waals surface area contributed by atoms with Crippen LogP contribution in [0.15, 0.2) is 46.9 Å². The van der Waals surface area contributed by atoms with Crippen LogP contribution in [0.25, 0.3) is 11.0 Å². The van der Waals surface area contributed by atoms with E-state index in [1.54, 1.807) is 30.3 Å². The van der Waals surface area contributed by atoms with Gasteiger partial charge in [-0.15, -0.1) is 0 Å². The lowest BCUT2D eigenvalue weighted by Crippen LogP contribution is -1.93. The lowest BCUT2D eigenvalue weighted by atomic mass is 10.2. The molecule has 1 heterocycles. The van der Waals surface area contributed by atoms with Crippen LogP contribution >= 0.6 is 0 Å². The van der Waals surface area contributed by atoms with Crippen LogP contribution in [0.1, 0.15) is 19.5 Å². The number of aliphatic hydroxyl groups is 1. The summed E-state index contributed by atoms with van der Waals surface area (Å²) in [5, 5.41) is 9.47. The van der Waals surface area contributed by atoms with Crippen LogP contribution in [0, 0.1) is 0 Å². The van der Waals surface area contributed by atoms with E-state index in [1.165, 1.54) is 6.07 Å². The van der Waals surface area contributed by atoms with Gasteiger partial charge in [0, 0.05) is 11.5 Å². The van der Waals surface area contributed by atoms with Crippen molar-refractivity contribution >= 4 is 11.0 Å². The standard InChI is InChI=1S/C18H18O5/c1-20-15-7-13-8-16(23-18(13)17(9-15)21-2)11-22-14-5-3-12(10-19)4-6-14/h3-9,19H,10-11H2,1-2H3/i1D3,2D3. The normalized spacial score (nSPS) is 15.7. The van der Waals surface area contributed by atoms with E-state index in [1.807, 2.05) is 0 Å². The molecular weight excluding hydrogens is 296 g/mol. The minimum atomic E-state index is -2.76. The Hall–Kier alpha value is -2.66. The molecule has 1 aromatic heterocycles. The number of furan rings is 1. The number of rotatable bonds is 6. The van der Waals surface area contributed by atoms with Crippen molar-refractivity contribution in [1.29, 1.82) is 0 Å². The van der Waals surface area contributed by atoms with E-state index in [0.29, 0.717) is 16.9 Å². The lowest BCUT2D eigenvalue weighted by molar-refractivity contribution is 0.271. The van der Waals surface area contributed by atoms with Crippen LogP contribution in [-0.2, 0) is 13.2 Å². The van der Waals surface area contributed by atoms with E-state index in [-0.39, 0.29) is 30.3 Å². The van der Waals surface area contributed by atoms with Gasteiger partial charge in [0.25, 0.3) is 0 Å². The molecule has 1 N–H and O–H groups in total. The lowest BCUT2D eigenvalue weighted by Gasteiger charge is -2.05. The van der Waals surface area contributed by atoms with Gasteiger partial charge in [0.1, 0.15) is 23.9 Å². The Balaban J connectivity index is 1.88. The molecule has 120 valence electrons. The molecule has 0 spiro atoms. The highest BCUT2D eigenvalue weighted by molar-refractivity contribution is 5.85. The Morgan fingerprint density at radius 3 is 2.61 bits per heavy atom. The molecule has 0 aliphatic heterocycles. The predicted octanol–water partition coefficient (Wildman–Crippen LogP) is 3.52. The van der Waals surface area contributed by atoms with E-state index >= 15 is 0 Å². The zero-order valence-electron chi connectivity index (χ0n) is 18.0. The predicted molar refractivity (Wildman–Crippen MR) is 86.0 cm³/mol. The second-order valence-electron chi connectivity index (χ2n) is 4.85. The fourth-order valence-corrected chi connectivity index (χ4v) is 2.20. The van der Waals surface area contributed by atoms with Crippen LogP contribution in [0.4, 0.5) is 0 Å². The number of hydrogen-bond donors (Lipinski definition) is 1. The third kappa shape index (κ3) is 3.24. The molecule has 3 rings (SSSR count). The number of ether oxygens (including phenoxy) is 3.